The fourth-order valence-electron chi connectivity index (χ4n) is 3.44. The number of ether oxygens (including phenoxy) is 1. The molecule has 0 radical (unpaired) electrons. The second-order valence-electron chi connectivity index (χ2n) is 6.82. The van der Waals surface area contributed by atoms with Crippen molar-refractivity contribution in [2.24, 2.45) is 0 Å². The average Bonchev–Trinajstić information content (AvgIpc) is 3.23. The van der Waals surface area contributed by atoms with E-state index in [0.29, 0.717) is 25.2 Å². The zero-order valence-electron chi connectivity index (χ0n) is 15.6. The van der Waals surface area contributed by atoms with Crippen LogP contribution in [-0.2, 0) is 17.8 Å². The van der Waals surface area contributed by atoms with E-state index in [1.807, 2.05) is 30.7 Å². The number of nitrogens with one attached hydrogen (secondary N) is 1. The van der Waals surface area contributed by atoms with Gasteiger partial charge in [-0.15, -0.1) is 0 Å². The van der Waals surface area contributed by atoms with Crippen LogP contribution in [0.2, 0.25) is 0 Å². The van der Waals surface area contributed by atoms with Crippen LogP contribution >= 0.6 is 0 Å². The van der Waals surface area contributed by atoms with Crippen molar-refractivity contribution in [1.82, 2.24) is 19.4 Å². The number of carbonyl (C=O) groups excluding carboxylic acids is 1. The van der Waals surface area contributed by atoms with Crippen LogP contribution in [0.4, 0.5) is 0 Å². The van der Waals surface area contributed by atoms with Crippen LogP contribution < -0.4 is 10.9 Å². The van der Waals surface area contributed by atoms with Gasteiger partial charge in [-0.25, -0.2) is 4.98 Å². The summed E-state index contributed by atoms with van der Waals surface area (Å²) in [6.07, 6.45) is 5.61. The highest BCUT2D eigenvalue weighted by atomic mass is 16.5. The highest BCUT2D eigenvalue weighted by molar-refractivity contribution is 5.95. The fraction of sp³-hybridized carbons (Fsp3) is 0.526. The lowest BCUT2D eigenvalue weighted by molar-refractivity contribution is 0.0926. The normalized spacial score (nSPS) is 16.8. The van der Waals surface area contributed by atoms with Gasteiger partial charge in [-0.3, -0.25) is 9.59 Å². The van der Waals surface area contributed by atoms with Gasteiger partial charge >= 0.3 is 0 Å². The van der Waals surface area contributed by atoms with Crippen LogP contribution in [-0.4, -0.2) is 39.3 Å². The minimum Gasteiger partial charge on any atom is -0.376 e. The van der Waals surface area contributed by atoms with Gasteiger partial charge in [-0.05, 0) is 45.2 Å². The van der Waals surface area contributed by atoms with Gasteiger partial charge in [0.2, 0.25) is 0 Å². The maximum Gasteiger partial charge on any atom is 0.263 e. The standard InChI is InChI=1S/C19H26N4O3/c1-13-11-14(2)23(12-16-5-4-10-26-16)19(25)17(13)18(24)21-7-9-22-8-6-20-15(22)3/h6,8,11,16H,4-5,7,9-10,12H2,1-3H3,(H,21,24)/t16-/m1/s1. The number of hydrogen-bond acceptors (Lipinski definition) is 4. The molecular formula is C19H26N4O3. The van der Waals surface area contributed by atoms with Gasteiger partial charge in [0.15, 0.2) is 0 Å². The quantitative estimate of drug-likeness (QED) is 0.850. The highest BCUT2D eigenvalue weighted by Gasteiger charge is 2.21. The number of hydrogen-bond donors (Lipinski definition) is 1. The maximum atomic E-state index is 12.9. The molecule has 1 fully saturated rings. The lowest BCUT2D eigenvalue weighted by Crippen LogP contribution is -2.37. The van der Waals surface area contributed by atoms with Crippen molar-refractivity contribution in [3.05, 3.63) is 51.5 Å². The van der Waals surface area contributed by atoms with E-state index >= 15 is 0 Å². The molecule has 0 spiro atoms. The molecule has 1 saturated heterocycles. The summed E-state index contributed by atoms with van der Waals surface area (Å²) in [5.74, 6) is 0.566. The molecule has 3 rings (SSSR count). The lowest BCUT2D eigenvalue weighted by Gasteiger charge is -2.17. The number of aromatic nitrogens is 3. The molecule has 0 aromatic carbocycles. The Balaban J connectivity index is 1.74. The number of amides is 1. The van der Waals surface area contributed by atoms with Gasteiger partial charge in [0, 0.05) is 37.8 Å². The lowest BCUT2D eigenvalue weighted by atomic mass is 10.1. The molecule has 0 bridgehead atoms. The molecule has 0 saturated carbocycles. The first-order valence-electron chi connectivity index (χ1n) is 9.06. The van der Waals surface area contributed by atoms with Crippen LogP contribution in [0.1, 0.15) is 40.3 Å². The first-order chi connectivity index (χ1) is 12.5. The van der Waals surface area contributed by atoms with E-state index in [-0.39, 0.29) is 23.1 Å². The molecule has 1 aliphatic heterocycles. The van der Waals surface area contributed by atoms with Crippen molar-refractivity contribution in [2.45, 2.75) is 52.8 Å². The van der Waals surface area contributed by atoms with Gasteiger partial charge in [0.05, 0.1) is 12.6 Å². The number of carbonyl (C=O) groups is 1. The van der Waals surface area contributed by atoms with Crippen molar-refractivity contribution in [2.75, 3.05) is 13.2 Å². The minimum atomic E-state index is -0.327. The molecule has 2 aromatic heterocycles. The zero-order valence-corrected chi connectivity index (χ0v) is 15.6. The Kier molecular flexibility index (Phi) is 5.56. The van der Waals surface area contributed by atoms with Crippen molar-refractivity contribution >= 4 is 5.91 Å². The van der Waals surface area contributed by atoms with E-state index in [1.54, 1.807) is 17.7 Å². The second-order valence-corrected chi connectivity index (χ2v) is 6.82. The van der Waals surface area contributed by atoms with E-state index < -0.39 is 0 Å². The molecule has 0 aliphatic carbocycles. The zero-order chi connectivity index (χ0) is 18.7. The average molecular weight is 358 g/mol. The topological polar surface area (TPSA) is 78.1 Å². The third-order valence-electron chi connectivity index (χ3n) is 4.90. The van der Waals surface area contributed by atoms with Gasteiger partial charge in [-0.2, -0.15) is 0 Å². The van der Waals surface area contributed by atoms with Crippen LogP contribution in [0.15, 0.2) is 23.3 Å². The molecule has 7 heteroatoms. The van der Waals surface area contributed by atoms with E-state index in [1.165, 1.54) is 0 Å². The molecule has 3 heterocycles. The molecule has 1 amide bonds. The van der Waals surface area contributed by atoms with E-state index in [9.17, 15) is 9.59 Å². The number of nitrogens with zero attached hydrogens (tertiary/aromatic N) is 3. The van der Waals surface area contributed by atoms with Crippen LogP contribution in [0.3, 0.4) is 0 Å². The molecule has 7 nitrogen and oxygen atoms in total. The minimum absolute atomic E-state index is 0.0502. The van der Waals surface area contributed by atoms with Crippen molar-refractivity contribution in [3.8, 4) is 0 Å². The predicted molar refractivity (Wildman–Crippen MR) is 98.4 cm³/mol. The summed E-state index contributed by atoms with van der Waals surface area (Å²) >= 11 is 0. The second kappa shape index (κ2) is 7.86. The number of aryl methyl sites for hydroxylation is 3. The molecule has 0 unspecified atom stereocenters. The number of pyridine rings is 1. The van der Waals surface area contributed by atoms with Crippen LogP contribution in [0.5, 0.6) is 0 Å². The van der Waals surface area contributed by atoms with Gasteiger partial charge in [-0.1, -0.05) is 0 Å². The van der Waals surface area contributed by atoms with Gasteiger partial charge in [0.1, 0.15) is 11.4 Å². The molecule has 1 atom stereocenters. The monoisotopic (exact) mass is 358 g/mol. The molecular weight excluding hydrogens is 332 g/mol. The molecule has 1 aliphatic rings. The largest absolute Gasteiger partial charge is 0.376 e. The summed E-state index contributed by atoms with van der Waals surface area (Å²) in [7, 11) is 0. The fourth-order valence-corrected chi connectivity index (χ4v) is 3.44. The van der Waals surface area contributed by atoms with Gasteiger partial charge < -0.3 is 19.2 Å². The van der Waals surface area contributed by atoms with Crippen molar-refractivity contribution in [3.63, 3.8) is 0 Å². The van der Waals surface area contributed by atoms with Crippen molar-refractivity contribution in [1.29, 1.82) is 0 Å². The Morgan fingerprint density at radius 3 is 2.85 bits per heavy atom. The molecule has 1 N–H and O–H groups in total. The van der Waals surface area contributed by atoms with Crippen LogP contribution in [0.25, 0.3) is 0 Å². The van der Waals surface area contributed by atoms with E-state index in [2.05, 4.69) is 10.3 Å². The summed E-state index contributed by atoms with van der Waals surface area (Å²) in [5, 5.41) is 2.85. The summed E-state index contributed by atoms with van der Waals surface area (Å²) in [4.78, 5) is 29.7. The Hall–Kier alpha value is -2.41. The summed E-state index contributed by atoms with van der Waals surface area (Å²) in [5.41, 5.74) is 1.53. The highest BCUT2D eigenvalue weighted by Crippen LogP contribution is 2.15. The van der Waals surface area contributed by atoms with E-state index in [0.717, 1.165) is 31.0 Å². The number of rotatable bonds is 6. The Morgan fingerprint density at radius 1 is 1.38 bits per heavy atom. The first kappa shape index (κ1) is 18.4. The third kappa shape index (κ3) is 3.88. The summed E-state index contributed by atoms with van der Waals surface area (Å²) in [6.45, 7) is 7.91. The van der Waals surface area contributed by atoms with Crippen LogP contribution in [0, 0.1) is 20.8 Å². The van der Waals surface area contributed by atoms with Crippen molar-refractivity contribution < 1.29 is 9.53 Å². The first-order valence-corrected chi connectivity index (χ1v) is 9.06. The Labute approximate surface area is 153 Å². The maximum absolute atomic E-state index is 12.9. The summed E-state index contributed by atoms with van der Waals surface area (Å²) < 4.78 is 9.27. The Morgan fingerprint density at radius 2 is 2.19 bits per heavy atom. The third-order valence-corrected chi connectivity index (χ3v) is 4.90. The Bertz CT molecular complexity index is 847. The molecule has 26 heavy (non-hydrogen) atoms. The molecule has 2 aromatic rings. The molecule has 140 valence electrons. The van der Waals surface area contributed by atoms with E-state index in [4.69, 9.17) is 4.74 Å². The predicted octanol–water partition coefficient (Wildman–Crippen LogP) is 1.58. The number of imidazole rings is 1. The smallest absolute Gasteiger partial charge is 0.263 e. The SMILES string of the molecule is Cc1cc(C)n(C[C@H]2CCCO2)c(=O)c1C(=O)NCCn1ccnc1C. The van der Waals surface area contributed by atoms with Gasteiger partial charge in [0.25, 0.3) is 11.5 Å². The summed E-state index contributed by atoms with van der Waals surface area (Å²) in [6, 6.07) is 1.89.